The monoisotopic (exact) mass is 407 g/mol. The molecule has 3 aliphatic rings. The Labute approximate surface area is 177 Å². The first-order chi connectivity index (χ1) is 14.5. The fraction of sp³-hybridized carbons (Fsp3) is 0.458. The Kier molecular flexibility index (Phi) is 5.11. The van der Waals surface area contributed by atoms with Crippen molar-refractivity contribution in [2.24, 2.45) is 0 Å². The van der Waals surface area contributed by atoms with E-state index < -0.39 is 5.97 Å². The van der Waals surface area contributed by atoms with Crippen molar-refractivity contribution in [3.8, 4) is 0 Å². The number of fused-ring (bicyclic) bond motifs is 2. The third-order valence-corrected chi connectivity index (χ3v) is 6.85. The largest absolute Gasteiger partial charge is 0.478 e. The van der Waals surface area contributed by atoms with Gasteiger partial charge in [0.1, 0.15) is 0 Å². The lowest BCUT2D eigenvalue weighted by molar-refractivity contribution is -0.118. The molecule has 3 fully saturated rings. The van der Waals surface area contributed by atoms with E-state index in [1.165, 1.54) is 5.56 Å². The van der Waals surface area contributed by atoms with Gasteiger partial charge >= 0.3 is 5.97 Å². The summed E-state index contributed by atoms with van der Waals surface area (Å²) in [5, 5.41) is 19.6. The number of hydrogen-bond donors (Lipinski definition) is 2. The molecule has 3 heterocycles. The number of piperazine rings is 1. The molecule has 2 N–H and O–H groups in total. The zero-order valence-corrected chi connectivity index (χ0v) is 17.2. The van der Waals surface area contributed by atoms with Crippen LogP contribution in [0.15, 0.2) is 54.6 Å². The van der Waals surface area contributed by atoms with Gasteiger partial charge in [-0.15, -0.1) is 0 Å². The van der Waals surface area contributed by atoms with Gasteiger partial charge in [-0.1, -0.05) is 42.5 Å². The molecular weight excluding hydrogens is 378 g/mol. The first kappa shape index (κ1) is 19.7. The molecule has 0 unspecified atom stereocenters. The summed E-state index contributed by atoms with van der Waals surface area (Å²) in [6.45, 7) is 6.39. The lowest BCUT2D eigenvalue weighted by Gasteiger charge is -2.61. The Morgan fingerprint density at radius 2 is 1.63 bits per heavy atom. The van der Waals surface area contributed by atoms with Gasteiger partial charge in [-0.05, 0) is 29.7 Å². The molecule has 0 aliphatic carbocycles. The van der Waals surface area contributed by atoms with E-state index in [2.05, 4.69) is 45.0 Å². The van der Waals surface area contributed by atoms with Crippen molar-refractivity contribution in [3.63, 3.8) is 0 Å². The van der Waals surface area contributed by atoms with Crippen LogP contribution in [0.4, 0.5) is 0 Å². The average Bonchev–Trinajstić information content (AvgIpc) is 3.08. The molecule has 158 valence electrons. The van der Waals surface area contributed by atoms with Crippen LogP contribution < -0.4 is 0 Å². The van der Waals surface area contributed by atoms with Gasteiger partial charge in [-0.2, -0.15) is 0 Å². The smallest absolute Gasteiger partial charge is 0.335 e. The van der Waals surface area contributed by atoms with Crippen LogP contribution in [0.25, 0.3) is 0 Å². The quantitative estimate of drug-likeness (QED) is 0.789. The number of hydrogen-bond acceptors (Lipinski definition) is 5. The highest BCUT2D eigenvalue weighted by Gasteiger charge is 2.55. The van der Waals surface area contributed by atoms with Crippen molar-refractivity contribution in [1.29, 1.82) is 0 Å². The van der Waals surface area contributed by atoms with Crippen LogP contribution in [0.1, 0.15) is 27.9 Å². The highest BCUT2D eigenvalue weighted by atomic mass is 16.4. The molecule has 3 saturated heterocycles. The maximum atomic E-state index is 11.3. The minimum absolute atomic E-state index is 0.0829. The maximum Gasteiger partial charge on any atom is 0.335 e. The molecule has 1 spiro atoms. The van der Waals surface area contributed by atoms with E-state index in [1.54, 1.807) is 12.1 Å². The van der Waals surface area contributed by atoms with Crippen molar-refractivity contribution in [2.75, 3.05) is 32.7 Å². The first-order valence-electron chi connectivity index (χ1n) is 10.8. The SMILES string of the molecule is O=C(O)c1cccc(CN2C[C@@H]3C[C@@H](O)CN3C3(C2)CN(Cc2ccccc2)C3)c1. The Hall–Kier alpha value is -2.25. The number of likely N-dealkylation sites (tertiary alicyclic amines) is 1. The molecule has 2 aromatic carbocycles. The van der Waals surface area contributed by atoms with E-state index in [1.807, 2.05) is 12.1 Å². The number of aliphatic hydroxyl groups is 1. The summed E-state index contributed by atoms with van der Waals surface area (Å²) in [6.07, 6.45) is 0.580. The Morgan fingerprint density at radius 1 is 0.933 bits per heavy atom. The van der Waals surface area contributed by atoms with Gasteiger partial charge in [-0.3, -0.25) is 14.7 Å². The Bertz CT molecular complexity index is 913. The molecule has 3 aliphatic heterocycles. The number of carboxylic acid groups (broad SMARTS) is 1. The van der Waals surface area contributed by atoms with E-state index in [0.717, 1.165) is 57.8 Å². The van der Waals surface area contributed by atoms with Gasteiger partial charge < -0.3 is 10.2 Å². The zero-order chi connectivity index (χ0) is 20.7. The van der Waals surface area contributed by atoms with Crippen molar-refractivity contribution in [2.45, 2.75) is 37.2 Å². The molecule has 2 aromatic rings. The number of carbonyl (C=O) groups is 1. The van der Waals surface area contributed by atoms with Gasteiger partial charge in [0, 0.05) is 51.9 Å². The van der Waals surface area contributed by atoms with Crippen LogP contribution in [-0.2, 0) is 13.1 Å². The summed E-state index contributed by atoms with van der Waals surface area (Å²) in [7, 11) is 0. The minimum atomic E-state index is -0.882. The van der Waals surface area contributed by atoms with Crippen LogP contribution >= 0.6 is 0 Å². The average molecular weight is 408 g/mol. The second kappa shape index (κ2) is 7.78. The van der Waals surface area contributed by atoms with Crippen molar-refractivity contribution < 1.29 is 15.0 Å². The molecule has 0 radical (unpaired) electrons. The number of β-amino-alcohol motifs (C(OH)–C–C–N with tert-alkyl or cyclic N) is 1. The molecule has 6 nitrogen and oxygen atoms in total. The summed E-state index contributed by atoms with van der Waals surface area (Å²) in [5.74, 6) is -0.882. The van der Waals surface area contributed by atoms with Crippen LogP contribution in [0, 0.1) is 0 Å². The summed E-state index contributed by atoms with van der Waals surface area (Å²) in [4.78, 5) is 18.8. The molecule has 0 aromatic heterocycles. The van der Waals surface area contributed by atoms with Crippen LogP contribution in [0.3, 0.4) is 0 Å². The highest BCUT2D eigenvalue weighted by molar-refractivity contribution is 5.87. The third kappa shape index (κ3) is 3.76. The predicted octanol–water partition coefficient (Wildman–Crippen LogP) is 1.89. The van der Waals surface area contributed by atoms with Gasteiger partial charge in [0.25, 0.3) is 0 Å². The highest BCUT2D eigenvalue weighted by Crippen LogP contribution is 2.39. The Morgan fingerprint density at radius 3 is 2.40 bits per heavy atom. The summed E-state index contributed by atoms with van der Waals surface area (Å²) in [5.41, 5.74) is 2.80. The van der Waals surface area contributed by atoms with E-state index >= 15 is 0 Å². The molecule has 0 bridgehead atoms. The fourth-order valence-electron chi connectivity index (χ4n) is 5.72. The fourth-order valence-corrected chi connectivity index (χ4v) is 5.72. The minimum Gasteiger partial charge on any atom is -0.478 e. The first-order valence-corrected chi connectivity index (χ1v) is 10.8. The van der Waals surface area contributed by atoms with Gasteiger partial charge in [0.15, 0.2) is 0 Å². The zero-order valence-electron chi connectivity index (χ0n) is 17.2. The molecule has 0 amide bonds. The van der Waals surface area contributed by atoms with Crippen molar-refractivity contribution in [1.82, 2.24) is 14.7 Å². The van der Waals surface area contributed by atoms with Crippen LogP contribution in [0.5, 0.6) is 0 Å². The second-order valence-electron chi connectivity index (χ2n) is 9.23. The van der Waals surface area contributed by atoms with Crippen molar-refractivity contribution >= 4 is 5.97 Å². The number of carboxylic acids is 1. The molecule has 0 saturated carbocycles. The predicted molar refractivity (Wildman–Crippen MR) is 114 cm³/mol. The number of aromatic carboxylic acids is 1. The number of nitrogens with zero attached hydrogens (tertiary/aromatic N) is 3. The van der Waals surface area contributed by atoms with Gasteiger partial charge in [0.05, 0.1) is 17.2 Å². The Balaban J connectivity index is 1.30. The number of aliphatic hydroxyl groups excluding tert-OH is 1. The molecule has 30 heavy (non-hydrogen) atoms. The summed E-state index contributed by atoms with van der Waals surface area (Å²) >= 11 is 0. The van der Waals surface area contributed by atoms with Gasteiger partial charge in [0.2, 0.25) is 0 Å². The third-order valence-electron chi connectivity index (χ3n) is 6.85. The maximum absolute atomic E-state index is 11.3. The van der Waals surface area contributed by atoms with E-state index in [4.69, 9.17) is 0 Å². The standard InChI is InChI=1S/C24H29N3O3/c28-22-10-21-13-25(12-19-7-4-8-20(9-19)23(29)30)15-24(27(21)14-22)16-26(17-24)11-18-5-2-1-3-6-18/h1-9,21-22,28H,10-17H2,(H,29,30)/t21-,22+/m0/s1. The normalized spacial score (nSPS) is 26.4. The van der Waals surface area contributed by atoms with E-state index in [0.29, 0.717) is 11.6 Å². The van der Waals surface area contributed by atoms with E-state index in [-0.39, 0.29) is 11.6 Å². The number of rotatable bonds is 5. The lowest BCUT2D eigenvalue weighted by Crippen LogP contribution is -2.77. The molecule has 5 rings (SSSR count). The summed E-state index contributed by atoms with van der Waals surface area (Å²) in [6, 6.07) is 18.2. The van der Waals surface area contributed by atoms with Crippen LogP contribution in [0.2, 0.25) is 0 Å². The molecular formula is C24H29N3O3. The van der Waals surface area contributed by atoms with E-state index in [9.17, 15) is 15.0 Å². The topological polar surface area (TPSA) is 67.2 Å². The number of benzene rings is 2. The second-order valence-corrected chi connectivity index (χ2v) is 9.23. The lowest BCUT2D eigenvalue weighted by atomic mass is 9.83. The summed E-state index contributed by atoms with van der Waals surface area (Å²) < 4.78 is 0. The van der Waals surface area contributed by atoms with Crippen LogP contribution in [-0.4, -0.2) is 81.3 Å². The van der Waals surface area contributed by atoms with Gasteiger partial charge in [-0.25, -0.2) is 4.79 Å². The molecule has 6 heteroatoms. The van der Waals surface area contributed by atoms with Crippen molar-refractivity contribution in [3.05, 3.63) is 71.3 Å². The molecule has 2 atom stereocenters.